The Morgan fingerprint density at radius 3 is 2.87 bits per heavy atom. The van der Waals surface area contributed by atoms with E-state index in [1.165, 1.54) is 5.38 Å². The molecular formula is C7H9N3O4S. The third kappa shape index (κ3) is 3.60. The minimum atomic E-state index is -1.46. The van der Waals surface area contributed by atoms with Gasteiger partial charge in [-0.2, -0.15) is 0 Å². The fraction of sp³-hybridized carbons (Fsp3) is 0.429. The summed E-state index contributed by atoms with van der Waals surface area (Å²) in [6.45, 7) is 0.0732. The van der Waals surface area contributed by atoms with Gasteiger partial charge >= 0.3 is 5.97 Å². The normalized spacial score (nSPS) is 12.1. The average molecular weight is 231 g/mol. The topological polar surface area (TPSA) is 112 Å². The third-order valence-corrected chi connectivity index (χ3v) is 2.09. The molecule has 0 aliphatic carbocycles. The zero-order chi connectivity index (χ0) is 11.3. The van der Waals surface area contributed by atoms with Gasteiger partial charge in [0.05, 0.1) is 0 Å². The summed E-state index contributed by atoms with van der Waals surface area (Å²) < 4.78 is 3.50. The second-order valence-corrected chi connectivity index (χ2v) is 3.30. The van der Waals surface area contributed by atoms with E-state index in [0.717, 1.165) is 11.5 Å². The SMILES string of the molecule is O=C(NCCC(O)C(=O)O)c1csnn1. The van der Waals surface area contributed by atoms with Gasteiger partial charge in [0.25, 0.3) is 5.91 Å². The molecule has 8 heteroatoms. The van der Waals surface area contributed by atoms with Crippen LogP contribution in [0.5, 0.6) is 0 Å². The number of hydrogen-bond acceptors (Lipinski definition) is 6. The molecule has 1 atom stereocenters. The van der Waals surface area contributed by atoms with E-state index >= 15 is 0 Å². The van der Waals surface area contributed by atoms with E-state index in [2.05, 4.69) is 14.9 Å². The van der Waals surface area contributed by atoms with Crippen LogP contribution < -0.4 is 5.32 Å². The standard InChI is InChI=1S/C7H9N3O4S/c11-5(7(13)14)1-2-8-6(12)4-3-15-10-9-4/h3,5,11H,1-2H2,(H,8,12)(H,13,14). The molecule has 1 aromatic heterocycles. The zero-order valence-electron chi connectivity index (χ0n) is 7.58. The highest BCUT2D eigenvalue weighted by Gasteiger charge is 2.14. The Bertz CT molecular complexity index is 340. The minimum Gasteiger partial charge on any atom is -0.479 e. The highest BCUT2D eigenvalue weighted by molar-refractivity contribution is 7.03. The van der Waals surface area contributed by atoms with Crippen molar-refractivity contribution in [2.24, 2.45) is 0 Å². The average Bonchev–Trinajstić information content (AvgIpc) is 2.70. The van der Waals surface area contributed by atoms with Crippen molar-refractivity contribution in [1.29, 1.82) is 0 Å². The number of aliphatic hydroxyl groups is 1. The van der Waals surface area contributed by atoms with Crippen LogP contribution in [-0.2, 0) is 4.79 Å². The molecular weight excluding hydrogens is 222 g/mol. The van der Waals surface area contributed by atoms with Crippen LogP contribution in [0.2, 0.25) is 0 Å². The van der Waals surface area contributed by atoms with Crippen LogP contribution in [-0.4, -0.2) is 44.3 Å². The third-order valence-electron chi connectivity index (χ3n) is 1.58. The quantitative estimate of drug-likeness (QED) is 0.605. The Hall–Kier alpha value is -1.54. The maximum absolute atomic E-state index is 11.2. The van der Waals surface area contributed by atoms with Crippen molar-refractivity contribution in [3.63, 3.8) is 0 Å². The van der Waals surface area contributed by atoms with Crippen molar-refractivity contribution in [1.82, 2.24) is 14.9 Å². The largest absolute Gasteiger partial charge is 0.479 e. The van der Waals surface area contributed by atoms with Crippen molar-refractivity contribution in [3.8, 4) is 0 Å². The number of nitrogens with one attached hydrogen (secondary N) is 1. The first-order valence-corrected chi connectivity index (χ1v) is 4.91. The highest BCUT2D eigenvalue weighted by Crippen LogP contribution is 1.96. The van der Waals surface area contributed by atoms with Crippen molar-refractivity contribution < 1.29 is 19.8 Å². The number of carbonyl (C=O) groups is 2. The number of carboxylic acids is 1. The number of amides is 1. The summed E-state index contributed by atoms with van der Waals surface area (Å²) in [6.07, 6.45) is -1.50. The summed E-state index contributed by atoms with van der Waals surface area (Å²) in [7, 11) is 0. The van der Waals surface area contributed by atoms with Crippen LogP contribution in [0.4, 0.5) is 0 Å². The molecule has 1 rings (SSSR count). The predicted octanol–water partition coefficient (Wildman–Crippen LogP) is -0.897. The van der Waals surface area contributed by atoms with E-state index < -0.39 is 18.0 Å². The Morgan fingerprint density at radius 2 is 2.33 bits per heavy atom. The summed E-state index contributed by atoms with van der Waals surface area (Å²) in [5.41, 5.74) is 0.185. The molecule has 1 amide bonds. The lowest BCUT2D eigenvalue weighted by Gasteiger charge is -2.05. The molecule has 7 nitrogen and oxygen atoms in total. The Morgan fingerprint density at radius 1 is 1.60 bits per heavy atom. The zero-order valence-corrected chi connectivity index (χ0v) is 8.40. The molecule has 0 saturated heterocycles. The second-order valence-electron chi connectivity index (χ2n) is 2.69. The Balaban J connectivity index is 2.27. The van der Waals surface area contributed by atoms with E-state index in [4.69, 9.17) is 10.2 Å². The summed E-state index contributed by atoms with van der Waals surface area (Å²) in [5, 5.41) is 24.7. The number of rotatable bonds is 5. The molecule has 0 radical (unpaired) electrons. The van der Waals surface area contributed by atoms with Crippen molar-refractivity contribution in [3.05, 3.63) is 11.1 Å². The van der Waals surface area contributed by atoms with Crippen LogP contribution >= 0.6 is 11.5 Å². The van der Waals surface area contributed by atoms with E-state index in [0.29, 0.717) is 0 Å². The monoisotopic (exact) mass is 231 g/mol. The number of nitrogens with zero attached hydrogens (tertiary/aromatic N) is 2. The van der Waals surface area contributed by atoms with Gasteiger partial charge in [-0.15, -0.1) is 5.10 Å². The summed E-state index contributed by atoms with van der Waals surface area (Å²) in [6, 6.07) is 0. The van der Waals surface area contributed by atoms with Crippen LogP contribution in [0.3, 0.4) is 0 Å². The first-order chi connectivity index (χ1) is 7.11. The molecule has 0 aromatic carbocycles. The lowest BCUT2D eigenvalue weighted by Crippen LogP contribution is -2.30. The molecule has 1 unspecified atom stereocenters. The predicted molar refractivity (Wildman–Crippen MR) is 50.5 cm³/mol. The van der Waals surface area contributed by atoms with Crippen LogP contribution in [0.25, 0.3) is 0 Å². The van der Waals surface area contributed by atoms with E-state index in [9.17, 15) is 9.59 Å². The highest BCUT2D eigenvalue weighted by atomic mass is 32.1. The van der Waals surface area contributed by atoms with Crippen molar-refractivity contribution >= 4 is 23.4 Å². The smallest absolute Gasteiger partial charge is 0.332 e. The van der Waals surface area contributed by atoms with Gasteiger partial charge in [-0.3, -0.25) is 4.79 Å². The molecule has 82 valence electrons. The number of hydrogen-bond donors (Lipinski definition) is 3. The van der Waals surface area contributed by atoms with Crippen molar-refractivity contribution in [2.45, 2.75) is 12.5 Å². The van der Waals surface area contributed by atoms with E-state index in [1.807, 2.05) is 0 Å². The summed E-state index contributed by atoms with van der Waals surface area (Å²) in [4.78, 5) is 21.4. The molecule has 3 N–H and O–H groups in total. The number of carbonyl (C=O) groups excluding carboxylic acids is 1. The maximum Gasteiger partial charge on any atom is 0.332 e. The van der Waals surface area contributed by atoms with E-state index in [1.54, 1.807) is 0 Å². The molecule has 0 aliphatic heterocycles. The number of aliphatic carboxylic acids is 1. The molecule has 1 heterocycles. The van der Waals surface area contributed by atoms with Crippen LogP contribution in [0.1, 0.15) is 16.9 Å². The number of aliphatic hydroxyl groups excluding tert-OH is 1. The molecule has 15 heavy (non-hydrogen) atoms. The van der Waals surface area contributed by atoms with Crippen LogP contribution in [0.15, 0.2) is 5.38 Å². The van der Waals surface area contributed by atoms with Gasteiger partial charge in [-0.1, -0.05) is 4.49 Å². The fourth-order valence-corrected chi connectivity index (χ4v) is 1.24. The number of aromatic nitrogens is 2. The molecule has 0 saturated carbocycles. The molecule has 0 fully saturated rings. The number of carboxylic acid groups (broad SMARTS) is 1. The van der Waals surface area contributed by atoms with Gasteiger partial charge in [-0.25, -0.2) is 4.79 Å². The second kappa shape index (κ2) is 5.37. The van der Waals surface area contributed by atoms with E-state index in [-0.39, 0.29) is 18.7 Å². The molecule has 0 aliphatic rings. The van der Waals surface area contributed by atoms with Gasteiger partial charge in [0.1, 0.15) is 0 Å². The first-order valence-electron chi connectivity index (χ1n) is 4.07. The molecule has 0 spiro atoms. The van der Waals surface area contributed by atoms with Gasteiger partial charge in [0.15, 0.2) is 11.8 Å². The van der Waals surface area contributed by atoms with Crippen molar-refractivity contribution in [2.75, 3.05) is 6.54 Å². The minimum absolute atomic E-state index is 0.0430. The molecule has 1 aromatic rings. The molecule has 0 bridgehead atoms. The fourth-order valence-electron chi connectivity index (χ4n) is 0.800. The Labute approximate surface area is 88.9 Å². The van der Waals surface area contributed by atoms with Crippen LogP contribution in [0, 0.1) is 0 Å². The maximum atomic E-state index is 11.2. The van der Waals surface area contributed by atoms with Gasteiger partial charge in [0.2, 0.25) is 0 Å². The Kier molecular flexibility index (Phi) is 4.13. The summed E-state index contributed by atoms with van der Waals surface area (Å²) >= 11 is 1.05. The lowest BCUT2D eigenvalue weighted by molar-refractivity contribution is -0.146. The lowest BCUT2D eigenvalue weighted by atomic mass is 10.2. The van der Waals surface area contributed by atoms with Gasteiger partial charge < -0.3 is 15.5 Å². The summed E-state index contributed by atoms with van der Waals surface area (Å²) in [5.74, 6) is -1.74. The van der Waals surface area contributed by atoms with Gasteiger partial charge in [0, 0.05) is 18.3 Å². The first kappa shape index (κ1) is 11.5. The van der Waals surface area contributed by atoms with Gasteiger partial charge in [-0.05, 0) is 11.5 Å².